The molecule has 1 heterocycles. The van der Waals surface area contributed by atoms with E-state index in [4.69, 9.17) is 23.2 Å². The number of hydrogen-bond donors (Lipinski definition) is 1. The first-order chi connectivity index (χ1) is 12.4. The van der Waals surface area contributed by atoms with Gasteiger partial charge in [0, 0.05) is 5.02 Å². The number of rotatable bonds is 4. The Bertz CT molecular complexity index is 937. The summed E-state index contributed by atoms with van der Waals surface area (Å²) in [7, 11) is 0. The van der Waals surface area contributed by atoms with Crippen LogP contribution in [0.15, 0.2) is 48.5 Å². The van der Waals surface area contributed by atoms with Crippen LogP contribution in [0, 0.1) is 12.7 Å². The standard InChI is InChI=1S/C19H16Cl2FN3O/c1-11(13-3-5-14(20)6-4-13)23-19(26)17-12(2)24-25(18(17)21)16-9-7-15(22)8-10-16/h3-11H,1-2H3,(H,23,26). The number of halogens is 3. The number of carbonyl (C=O) groups excluding carboxylic acids is 1. The third kappa shape index (κ3) is 3.74. The normalized spacial score (nSPS) is 12.0. The maximum absolute atomic E-state index is 13.1. The largest absolute Gasteiger partial charge is 0.345 e. The quantitative estimate of drug-likeness (QED) is 0.670. The summed E-state index contributed by atoms with van der Waals surface area (Å²) < 4.78 is 14.5. The molecule has 4 nitrogen and oxygen atoms in total. The summed E-state index contributed by atoms with van der Waals surface area (Å²) >= 11 is 12.3. The summed E-state index contributed by atoms with van der Waals surface area (Å²) in [6.45, 7) is 3.57. The summed E-state index contributed by atoms with van der Waals surface area (Å²) in [5, 5.41) is 8.02. The zero-order valence-electron chi connectivity index (χ0n) is 14.1. The molecule has 1 amide bonds. The molecule has 0 aliphatic heterocycles. The minimum absolute atomic E-state index is 0.176. The van der Waals surface area contributed by atoms with Crippen molar-refractivity contribution in [2.45, 2.75) is 19.9 Å². The van der Waals surface area contributed by atoms with Crippen molar-refractivity contribution in [3.05, 3.63) is 81.3 Å². The van der Waals surface area contributed by atoms with Gasteiger partial charge in [0.05, 0.1) is 23.0 Å². The molecule has 1 unspecified atom stereocenters. The average molecular weight is 392 g/mol. The number of carbonyl (C=O) groups is 1. The molecule has 1 atom stereocenters. The van der Waals surface area contributed by atoms with Gasteiger partial charge in [-0.15, -0.1) is 0 Å². The molecule has 7 heteroatoms. The van der Waals surface area contributed by atoms with Crippen molar-refractivity contribution in [2.75, 3.05) is 0 Å². The molecule has 1 aromatic heterocycles. The van der Waals surface area contributed by atoms with E-state index in [-0.39, 0.29) is 28.5 Å². The fourth-order valence-electron chi connectivity index (χ4n) is 2.61. The third-order valence-electron chi connectivity index (χ3n) is 4.02. The SMILES string of the molecule is Cc1nn(-c2ccc(F)cc2)c(Cl)c1C(=O)NC(C)c1ccc(Cl)cc1. The van der Waals surface area contributed by atoms with Gasteiger partial charge in [0.2, 0.25) is 0 Å². The lowest BCUT2D eigenvalue weighted by molar-refractivity contribution is 0.0939. The Hall–Kier alpha value is -2.37. The highest BCUT2D eigenvalue weighted by atomic mass is 35.5. The number of aromatic nitrogens is 2. The van der Waals surface area contributed by atoms with Gasteiger partial charge in [-0.1, -0.05) is 35.3 Å². The minimum atomic E-state index is -0.358. The Kier molecular flexibility index (Phi) is 5.30. The summed E-state index contributed by atoms with van der Waals surface area (Å²) in [5.41, 5.74) is 2.27. The average Bonchev–Trinajstić information content (AvgIpc) is 2.90. The molecule has 0 radical (unpaired) electrons. The number of benzene rings is 2. The van der Waals surface area contributed by atoms with Gasteiger partial charge in [-0.2, -0.15) is 5.10 Å². The van der Waals surface area contributed by atoms with Crippen LogP contribution in [0.4, 0.5) is 4.39 Å². The number of nitrogens with one attached hydrogen (secondary N) is 1. The van der Waals surface area contributed by atoms with Gasteiger partial charge in [0.15, 0.2) is 0 Å². The van der Waals surface area contributed by atoms with Crippen molar-refractivity contribution in [1.29, 1.82) is 0 Å². The van der Waals surface area contributed by atoms with Crippen molar-refractivity contribution < 1.29 is 9.18 Å². The second kappa shape index (κ2) is 7.48. The second-order valence-corrected chi connectivity index (χ2v) is 6.68. The summed E-state index contributed by atoms with van der Waals surface area (Å²) in [4.78, 5) is 12.7. The zero-order chi connectivity index (χ0) is 18.8. The topological polar surface area (TPSA) is 46.9 Å². The molecular formula is C19H16Cl2FN3O. The Morgan fingerprint density at radius 2 is 1.73 bits per heavy atom. The summed E-state index contributed by atoms with van der Waals surface area (Å²) in [6.07, 6.45) is 0. The van der Waals surface area contributed by atoms with E-state index in [2.05, 4.69) is 10.4 Å². The molecule has 0 bridgehead atoms. The molecule has 3 aromatic rings. The van der Waals surface area contributed by atoms with Crippen molar-refractivity contribution in [3.63, 3.8) is 0 Å². The van der Waals surface area contributed by atoms with Crippen LogP contribution in [0.3, 0.4) is 0 Å². The first-order valence-corrected chi connectivity index (χ1v) is 8.70. The van der Waals surface area contributed by atoms with Gasteiger partial charge in [-0.05, 0) is 55.8 Å². The van der Waals surface area contributed by atoms with Gasteiger partial charge < -0.3 is 5.32 Å². The van der Waals surface area contributed by atoms with Gasteiger partial charge in [-0.3, -0.25) is 4.79 Å². The van der Waals surface area contributed by atoms with Crippen molar-refractivity contribution in [2.24, 2.45) is 0 Å². The van der Waals surface area contributed by atoms with Crippen LogP contribution < -0.4 is 5.32 Å². The molecule has 0 aliphatic carbocycles. The molecule has 0 aliphatic rings. The van der Waals surface area contributed by atoms with Gasteiger partial charge in [-0.25, -0.2) is 9.07 Å². The Morgan fingerprint density at radius 1 is 1.12 bits per heavy atom. The lowest BCUT2D eigenvalue weighted by Crippen LogP contribution is -2.27. The van der Waals surface area contributed by atoms with Crippen LogP contribution in [0.2, 0.25) is 10.2 Å². The van der Waals surface area contributed by atoms with Gasteiger partial charge in [0.25, 0.3) is 5.91 Å². The van der Waals surface area contributed by atoms with E-state index >= 15 is 0 Å². The monoisotopic (exact) mass is 391 g/mol. The predicted molar refractivity (Wildman–Crippen MR) is 101 cm³/mol. The van der Waals surface area contributed by atoms with Crippen LogP contribution >= 0.6 is 23.2 Å². The molecule has 134 valence electrons. The van der Waals surface area contributed by atoms with E-state index in [1.807, 2.05) is 19.1 Å². The van der Waals surface area contributed by atoms with Crippen LogP contribution in [0.5, 0.6) is 0 Å². The zero-order valence-corrected chi connectivity index (χ0v) is 15.6. The summed E-state index contributed by atoms with van der Waals surface area (Å²) in [5.74, 6) is -0.688. The predicted octanol–water partition coefficient (Wildman–Crippen LogP) is 5.12. The molecule has 0 saturated carbocycles. The highest BCUT2D eigenvalue weighted by Gasteiger charge is 2.22. The number of aryl methyl sites for hydroxylation is 1. The number of nitrogens with zero attached hydrogens (tertiary/aromatic N) is 2. The van der Waals surface area contributed by atoms with E-state index in [0.717, 1.165) is 5.56 Å². The molecule has 1 N–H and O–H groups in total. The fourth-order valence-corrected chi connectivity index (χ4v) is 3.10. The maximum Gasteiger partial charge on any atom is 0.256 e. The van der Waals surface area contributed by atoms with E-state index in [1.165, 1.54) is 16.8 Å². The molecular weight excluding hydrogens is 376 g/mol. The first-order valence-electron chi connectivity index (χ1n) is 7.94. The summed E-state index contributed by atoms with van der Waals surface area (Å²) in [6, 6.07) is 12.7. The number of amides is 1. The molecule has 0 spiro atoms. The van der Waals surface area contributed by atoms with E-state index in [9.17, 15) is 9.18 Å². The highest BCUT2D eigenvalue weighted by molar-refractivity contribution is 6.33. The van der Waals surface area contributed by atoms with Gasteiger partial charge in [0.1, 0.15) is 11.0 Å². The van der Waals surface area contributed by atoms with Crippen molar-refractivity contribution in [3.8, 4) is 5.69 Å². The van der Waals surface area contributed by atoms with Crippen LogP contribution in [0.1, 0.15) is 34.6 Å². The lowest BCUT2D eigenvalue weighted by atomic mass is 10.1. The van der Waals surface area contributed by atoms with E-state index < -0.39 is 0 Å². The highest BCUT2D eigenvalue weighted by Crippen LogP contribution is 2.25. The second-order valence-electron chi connectivity index (χ2n) is 5.89. The number of hydrogen-bond acceptors (Lipinski definition) is 2. The maximum atomic E-state index is 13.1. The first kappa shape index (κ1) is 18.4. The lowest BCUT2D eigenvalue weighted by Gasteiger charge is -2.14. The van der Waals surface area contributed by atoms with Crippen molar-refractivity contribution >= 4 is 29.1 Å². The van der Waals surface area contributed by atoms with E-state index in [0.29, 0.717) is 16.4 Å². The molecule has 26 heavy (non-hydrogen) atoms. The third-order valence-corrected chi connectivity index (χ3v) is 4.62. The minimum Gasteiger partial charge on any atom is -0.345 e. The van der Waals surface area contributed by atoms with Crippen LogP contribution in [-0.4, -0.2) is 15.7 Å². The van der Waals surface area contributed by atoms with E-state index in [1.54, 1.807) is 31.2 Å². The van der Waals surface area contributed by atoms with Crippen LogP contribution in [0.25, 0.3) is 5.69 Å². The molecule has 0 saturated heterocycles. The molecule has 3 rings (SSSR count). The molecule has 0 fully saturated rings. The molecule has 2 aromatic carbocycles. The van der Waals surface area contributed by atoms with Gasteiger partial charge >= 0.3 is 0 Å². The smallest absolute Gasteiger partial charge is 0.256 e. The Labute approximate surface area is 160 Å². The Morgan fingerprint density at radius 3 is 2.35 bits per heavy atom. The Balaban J connectivity index is 1.85. The fraction of sp³-hybridized carbons (Fsp3) is 0.158. The van der Waals surface area contributed by atoms with Crippen LogP contribution in [-0.2, 0) is 0 Å². The van der Waals surface area contributed by atoms with Crippen molar-refractivity contribution in [1.82, 2.24) is 15.1 Å².